The number of fused-ring (bicyclic) bond motifs is 1. The number of aromatic nitrogens is 3. The first-order valence-electron chi connectivity index (χ1n) is 6.17. The van der Waals surface area contributed by atoms with E-state index in [1.165, 1.54) is 12.3 Å². The van der Waals surface area contributed by atoms with Crippen molar-refractivity contribution in [3.8, 4) is 11.4 Å². The molecule has 0 radical (unpaired) electrons. The van der Waals surface area contributed by atoms with Crippen LogP contribution in [0.5, 0.6) is 0 Å². The van der Waals surface area contributed by atoms with E-state index in [-0.39, 0.29) is 17.1 Å². The Bertz CT molecular complexity index is 853. The maximum absolute atomic E-state index is 12.6. The minimum absolute atomic E-state index is 0.000368. The molecule has 2 N–H and O–H groups in total. The predicted molar refractivity (Wildman–Crippen MR) is 71.9 cm³/mol. The average Bonchev–Trinajstić information content (AvgIpc) is 2.93. The smallest absolute Gasteiger partial charge is 0.364 e. The minimum atomic E-state index is -4.46. The lowest BCUT2D eigenvalue weighted by molar-refractivity contribution is -0.137. The van der Waals surface area contributed by atoms with E-state index in [1.54, 1.807) is 22.7 Å². The number of alkyl halides is 3. The number of nitrogens with zero attached hydrogens (tertiary/aromatic N) is 3. The number of hydrogen-bond donors (Lipinski definition) is 1. The third kappa shape index (κ3) is 2.39. The SMILES string of the molecule is NC(=O)c1cn2cccc2c(-c2ccc(C(F)(F)F)cn2)n1. The van der Waals surface area contributed by atoms with Gasteiger partial charge in [-0.05, 0) is 24.3 Å². The molecule has 0 aliphatic heterocycles. The molecule has 0 aliphatic carbocycles. The van der Waals surface area contributed by atoms with Gasteiger partial charge in [0.2, 0.25) is 0 Å². The van der Waals surface area contributed by atoms with E-state index in [0.29, 0.717) is 5.52 Å². The van der Waals surface area contributed by atoms with Gasteiger partial charge in [-0.2, -0.15) is 13.2 Å². The molecule has 112 valence electrons. The summed E-state index contributed by atoms with van der Waals surface area (Å²) < 4.78 is 39.3. The van der Waals surface area contributed by atoms with Gasteiger partial charge in [0, 0.05) is 18.6 Å². The van der Waals surface area contributed by atoms with E-state index in [9.17, 15) is 18.0 Å². The third-order valence-electron chi connectivity index (χ3n) is 3.10. The molecule has 3 aromatic heterocycles. The third-order valence-corrected chi connectivity index (χ3v) is 3.10. The summed E-state index contributed by atoms with van der Waals surface area (Å²) in [6.07, 6.45) is -0.603. The van der Waals surface area contributed by atoms with Crippen LogP contribution in [0.2, 0.25) is 0 Å². The van der Waals surface area contributed by atoms with Crippen LogP contribution in [0.25, 0.3) is 16.9 Å². The second-order valence-electron chi connectivity index (χ2n) is 4.57. The monoisotopic (exact) mass is 306 g/mol. The van der Waals surface area contributed by atoms with Gasteiger partial charge in [0.25, 0.3) is 5.91 Å². The molecule has 22 heavy (non-hydrogen) atoms. The van der Waals surface area contributed by atoms with Crippen LogP contribution in [0.3, 0.4) is 0 Å². The Kier molecular flexibility index (Phi) is 3.09. The molecule has 0 fully saturated rings. The number of carbonyl (C=O) groups excluding carboxylic acids is 1. The Balaban J connectivity index is 2.17. The largest absolute Gasteiger partial charge is 0.417 e. The maximum atomic E-state index is 12.6. The Morgan fingerprint density at radius 2 is 2.00 bits per heavy atom. The fraction of sp³-hybridized carbons (Fsp3) is 0.0714. The van der Waals surface area contributed by atoms with Crippen LogP contribution in [0.15, 0.2) is 42.9 Å². The molecule has 0 atom stereocenters. The summed E-state index contributed by atoms with van der Waals surface area (Å²) in [7, 11) is 0. The van der Waals surface area contributed by atoms with Gasteiger partial charge in [-0.25, -0.2) is 4.98 Å². The molecular weight excluding hydrogens is 297 g/mol. The van der Waals surface area contributed by atoms with Crippen molar-refractivity contribution in [1.82, 2.24) is 14.4 Å². The zero-order valence-electron chi connectivity index (χ0n) is 11.0. The van der Waals surface area contributed by atoms with Crippen molar-refractivity contribution < 1.29 is 18.0 Å². The zero-order valence-corrected chi connectivity index (χ0v) is 11.0. The van der Waals surface area contributed by atoms with Gasteiger partial charge in [-0.15, -0.1) is 0 Å². The first-order valence-corrected chi connectivity index (χ1v) is 6.17. The molecule has 3 heterocycles. The Hall–Kier alpha value is -2.90. The molecule has 5 nitrogen and oxygen atoms in total. The van der Waals surface area contributed by atoms with Crippen molar-refractivity contribution in [2.24, 2.45) is 5.73 Å². The van der Waals surface area contributed by atoms with Crippen LogP contribution in [0.1, 0.15) is 16.1 Å². The molecule has 0 aromatic carbocycles. The van der Waals surface area contributed by atoms with E-state index >= 15 is 0 Å². The van der Waals surface area contributed by atoms with E-state index in [0.717, 1.165) is 12.3 Å². The molecule has 0 bridgehead atoms. The minimum Gasteiger partial charge on any atom is -0.364 e. The number of amides is 1. The Morgan fingerprint density at radius 1 is 1.23 bits per heavy atom. The van der Waals surface area contributed by atoms with Crippen molar-refractivity contribution in [3.05, 3.63) is 54.1 Å². The molecule has 8 heteroatoms. The molecule has 3 aromatic rings. The number of nitrogens with two attached hydrogens (primary N) is 1. The number of pyridine rings is 1. The van der Waals surface area contributed by atoms with Gasteiger partial charge in [0.1, 0.15) is 11.4 Å². The Labute approximate surface area is 122 Å². The summed E-state index contributed by atoms with van der Waals surface area (Å²) in [4.78, 5) is 19.2. The van der Waals surface area contributed by atoms with E-state index in [2.05, 4.69) is 9.97 Å². The van der Waals surface area contributed by atoms with Crippen molar-refractivity contribution >= 4 is 11.4 Å². The van der Waals surface area contributed by atoms with Crippen LogP contribution < -0.4 is 5.73 Å². The first-order chi connectivity index (χ1) is 10.4. The highest BCUT2D eigenvalue weighted by Gasteiger charge is 2.30. The lowest BCUT2D eigenvalue weighted by atomic mass is 10.2. The summed E-state index contributed by atoms with van der Waals surface area (Å²) >= 11 is 0. The summed E-state index contributed by atoms with van der Waals surface area (Å²) in [5.74, 6) is -0.733. The highest BCUT2D eigenvalue weighted by Crippen LogP contribution is 2.30. The van der Waals surface area contributed by atoms with Crippen LogP contribution in [-0.2, 0) is 6.18 Å². The normalized spacial score (nSPS) is 11.8. The number of carbonyl (C=O) groups is 1. The molecule has 0 unspecified atom stereocenters. The number of rotatable bonds is 2. The van der Waals surface area contributed by atoms with E-state index in [1.807, 2.05) is 0 Å². The second kappa shape index (κ2) is 4.83. The lowest BCUT2D eigenvalue weighted by Crippen LogP contribution is -2.15. The van der Waals surface area contributed by atoms with Crippen LogP contribution in [0, 0.1) is 0 Å². The van der Waals surface area contributed by atoms with Crippen molar-refractivity contribution in [2.75, 3.05) is 0 Å². The van der Waals surface area contributed by atoms with Crippen molar-refractivity contribution in [1.29, 1.82) is 0 Å². The van der Waals surface area contributed by atoms with Crippen molar-refractivity contribution in [3.63, 3.8) is 0 Å². The van der Waals surface area contributed by atoms with Gasteiger partial charge in [-0.1, -0.05) is 0 Å². The number of halogens is 3. The average molecular weight is 306 g/mol. The maximum Gasteiger partial charge on any atom is 0.417 e. The van der Waals surface area contributed by atoms with Crippen LogP contribution in [-0.4, -0.2) is 20.3 Å². The predicted octanol–water partition coefficient (Wildman–Crippen LogP) is 2.51. The van der Waals surface area contributed by atoms with E-state index < -0.39 is 17.6 Å². The van der Waals surface area contributed by atoms with Crippen molar-refractivity contribution in [2.45, 2.75) is 6.18 Å². The number of primary amides is 1. The zero-order chi connectivity index (χ0) is 15.9. The quantitative estimate of drug-likeness (QED) is 0.790. The van der Waals surface area contributed by atoms with Crippen LogP contribution in [0.4, 0.5) is 13.2 Å². The lowest BCUT2D eigenvalue weighted by Gasteiger charge is -2.08. The van der Waals surface area contributed by atoms with Gasteiger partial charge < -0.3 is 10.1 Å². The highest BCUT2D eigenvalue weighted by atomic mass is 19.4. The molecule has 0 saturated carbocycles. The fourth-order valence-electron chi connectivity index (χ4n) is 2.05. The second-order valence-corrected chi connectivity index (χ2v) is 4.57. The molecule has 3 rings (SSSR count). The number of hydrogen-bond acceptors (Lipinski definition) is 3. The summed E-state index contributed by atoms with van der Waals surface area (Å²) in [5, 5.41) is 0. The topological polar surface area (TPSA) is 73.3 Å². The highest BCUT2D eigenvalue weighted by molar-refractivity contribution is 5.92. The molecule has 1 amide bonds. The summed E-state index contributed by atoms with van der Waals surface area (Å²) in [5.41, 5.74) is 5.48. The standard InChI is InChI=1S/C14H9F3N4O/c15-14(16,17)8-3-4-9(19-6-8)12-11-2-1-5-21(11)7-10(20-12)13(18)22/h1-7H,(H2,18,22). The first kappa shape index (κ1) is 14.1. The van der Waals surface area contributed by atoms with Gasteiger partial charge in [-0.3, -0.25) is 9.78 Å². The van der Waals surface area contributed by atoms with E-state index in [4.69, 9.17) is 5.73 Å². The molecule has 0 saturated heterocycles. The fourth-order valence-corrected chi connectivity index (χ4v) is 2.05. The molecular formula is C14H9F3N4O. The van der Waals surface area contributed by atoms with Crippen LogP contribution >= 0.6 is 0 Å². The van der Waals surface area contributed by atoms with Gasteiger partial charge >= 0.3 is 6.18 Å². The molecule has 0 spiro atoms. The molecule has 0 aliphatic rings. The van der Waals surface area contributed by atoms with Gasteiger partial charge in [0.05, 0.1) is 16.8 Å². The summed E-state index contributed by atoms with van der Waals surface area (Å²) in [6, 6.07) is 5.56. The summed E-state index contributed by atoms with van der Waals surface area (Å²) in [6.45, 7) is 0. The Morgan fingerprint density at radius 3 is 2.59 bits per heavy atom. The van der Waals surface area contributed by atoms with Gasteiger partial charge in [0.15, 0.2) is 0 Å².